The number of rotatable bonds is 2. The molecular formula is C20H20F3NO2S. The zero-order valence-electron chi connectivity index (χ0n) is 15.2. The van der Waals surface area contributed by atoms with Crippen molar-refractivity contribution in [3.05, 3.63) is 72.1 Å². The first-order valence-electron chi connectivity index (χ1n) is 8.41. The Kier molecular flexibility index (Phi) is 4.62. The molecule has 27 heavy (non-hydrogen) atoms. The largest absolute Gasteiger partial charge is 0.517 e. The van der Waals surface area contributed by atoms with Crippen molar-refractivity contribution in [2.45, 2.75) is 37.6 Å². The van der Waals surface area contributed by atoms with Crippen LogP contribution in [-0.4, -0.2) is 18.2 Å². The molecule has 0 atom stereocenters. The third-order valence-electron chi connectivity index (χ3n) is 4.61. The van der Waals surface area contributed by atoms with E-state index in [1.165, 1.54) is 17.7 Å². The Bertz CT molecular complexity index is 971. The summed E-state index contributed by atoms with van der Waals surface area (Å²) in [5, 5.41) is 0. The smallest absolute Gasteiger partial charge is 0.246 e. The minimum absolute atomic E-state index is 0.00622. The fourth-order valence-electron chi connectivity index (χ4n) is 3.02. The number of halogens is 3. The quantitative estimate of drug-likeness (QED) is 0.686. The van der Waals surface area contributed by atoms with Gasteiger partial charge in [-0.15, -0.1) is 0 Å². The van der Waals surface area contributed by atoms with E-state index in [0.29, 0.717) is 0 Å². The second kappa shape index (κ2) is 6.41. The molecule has 0 radical (unpaired) electrons. The van der Waals surface area contributed by atoms with Gasteiger partial charge in [0.15, 0.2) is 0 Å². The molecule has 3 nitrogen and oxygen atoms in total. The zero-order chi connectivity index (χ0) is 20.0. The Hall–Kier alpha value is -2.28. The summed E-state index contributed by atoms with van der Waals surface area (Å²) in [5.41, 5.74) is -1.25. The summed E-state index contributed by atoms with van der Waals surface area (Å²) < 4.78 is 61.2. The highest BCUT2D eigenvalue weighted by molar-refractivity contribution is 7.90. The second-order valence-electron chi connectivity index (χ2n) is 7.52. The molecule has 0 amide bonds. The Labute approximate surface area is 157 Å². The molecule has 0 aromatic carbocycles. The highest BCUT2D eigenvalue weighted by atomic mass is 32.2. The van der Waals surface area contributed by atoms with Crippen LogP contribution in [0.3, 0.4) is 0 Å². The van der Waals surface area contributed by atoms with E-state index in [4.69, 9.17) is 0 Å². The van der Waals surface area contributed by atoms with Gasteiger partial charge >= 0.3 is 15.5 Å². The molecule has 3 aliphatic rings. The molecule has 0 spiro atoms. The van der Waals surface area contributed by atoms with Gasteiger partial charge in [0, 0.05) is 18.3 Å². The van der Waals surface area contributed by atoms with E-state index in [1.54, 1.807) is 0 Å². The number of hydrogen-bond donors (Lipinski definition) is 0. The van der Waals surface area contributed by atoms with Crippen LogP contribution in [0.1, 0.15) is 37.8 Å². The fourth-order valence-corrected chi connectivity index (χ4v) is 3.72. The van der Waals surface area contributed by atoms with Crippen molar-refractivity contribution in [2.75, 3.05) is 0 Å². The summed E-state index contributed by atoms with van der Waals surface area (Å²) in [4.78, 5) is 0. The first-order chi connectivity index (χ1) is 12.4. The third-order valence-corrected chi connectivity index (χ3v) is 6.00. The van der Waals surface area contributed by atoms with Crippen LogP contribution in [0.25, 0.3) is 11.1 Å². The van der Waals surface area contributed by atoms with Crippen LogP contribution in [0.15, 0.2) is 61.0 Å². The summed E-state index contributed by atoms with van der Waals surface area (Å²) in [5.74, 6) is -0.303. The molecule has 0 aromatic heterocycles. The van der Waals surface area contributed by atoms with E-state index in [0.717, 1.165) is 29.1 Å². The van der Waals surface area contributed by atoms with Crippen LogP contribution < -0.4 is 0 Å². The van der Waals surface area contributed by atoms with Crippen molar-refractivity contribution in [2.24, 2.45) is 0 Å². The minimum Gasteiger partial charge on any atom is -0.246 e. The topological polar surface area (TPSA) is 37.4 Å². The van der Waals surface area contributed by atoms with Crippen LogP contribution in [0.5, 0.6) is 0 Å². The molecule has 0 saturated carbocycles. The summed E-state index contributed by atoms with van der Waals surface area (Å²) in [6, 6.07) is 12.0. The Morgan fingerprint density at radius 3 is 2.00 bits per heavy atom. The van der Waals surface area contributed by atoms with Crippen LogP contribution >= 0.6 is 0 Å². The van der Waals surface area contributed by atoms with Gasteiger partial charge in [-0.3, -0.25) is 0 Å². The lowest BCUT2D eigenvalue weighted by Gasteiger charge is -2.22. The fraction of sp³-hybridized carbons (Fsp3) is 0.300. The van der Waals surface area contributed by atoms with Gasteiger partial charge in [-0.25, -0.2) is 4.31 Å². The van der Waals surface area contributed by atoms with Crippen molar-refractivity contribution in [1.82, 2.24) is 4.31 Å². The van der Waals surface area contributed by atoms with Crippen molar-refractivity contribution >= 4 is 10.0 Å². The molecule has 2 aliphatic carbocycles. The molecule has 144 valence electrons. The number of nitrogens with zero attached hydrogens (tertiary/aromatic N) is 1. The van der Waals surface area contributed by atoms with Crippen molar-refractivity contribution in [3.8, 4) is 11.1 Å². The van der Waals surface area contributed by atoms with E-state index in [1.807, 2.05) is 30.3 Å². The van der Waals surface area contributed by atoms with Gasteiger partial charge < -0.3 is 0 Å². The van der Waals surface area contributed by atoms with Crippen LogP contribution in [0, 0.1) is 0 Å². The van der Waals surface area contributed by atoms with E-state index in [-0.39, 0.29) is 15.6 Å². The lowest BCUT2D eigenvalue weighted by Crippen LogP contribution is -2.35. The SMILES string of the molecule is CC(C)(C)c1ccc2ccc(C3C=CN(S(=O)(=O)C(F)(F)F)C=C3)c-2cc1. The Morgan fingerprint density at radius 2 is 1.44 bits per heavy atom. The molecule has 1 aliphatic heterocycles. The van der Waals surface area contributed by atoms with Crippen molar-refractivity contribution in [1.29, 1.82) is 0 Å². The number of alkyl halides is 3. The van der Waals surface area contributed by atoms with Gasteiger partial charge in [-0.05, 0) is 27.7 Å². The summed E-state index contributed by atoms with van der Waals surface area (Å²) in [7, 11) is -5.41. The lowest BCUT2D eigenvalue weighted by molar-refractivity contribution is -0.0468. The maximum atomic E-state index is 12.7. The third kappa shape index (κ3) is 3.60. The molecule has 0 saturated heterocycles. The summed E-state index contributed by atoms with van der Waals surface area (Å²) in [6.07, 6.45) is 4.82. The molecule has 0 unspecified atom stereocenters. The molecule has 3 rings (SSSR count). The molecule has 0 aromatic rings. The molecule has 0 fully saturated rings. The monoisotopic (exact) mass is 395 g/mol. The average Bonchev–Trinajstić information content (AvgIpc) is 2.83. The normalized spacial score (nSPS) is 16.3. The number of fused-ring (bicyclic) bond motifs is 1. The second-order valence-corrected chi connectivity index (χ2v) is 9.35. The van der Waals surface area contributed by atoms with Crippen LogP contribution in [0.4, 0.5) is 13.2 Å². The molecule has 0 bridgehead atoms. The maximum absolute atomic E-state index is 12.7. The Morgan fingerprint density at radius 1 is 0.889 bits per heavy atom. The Balaban J connectivity index is 1.93. The maximum Gasteiger partial charge on any atom is 0.517 e. The predicted molar refractivity (Wildman–Crippen MR) is 99.6 cm³/mol. The van der Waals surface area contributed by atoms with E-state index >= 15 is 0 Å². The standard InChI is InChI=1S/C20H20F3NO2S/c1-19(2,3)16-6-4-14-5-8-17(18(14)9-7-16)15-10-12-24(13-11-15)27(25,26)20(21,22)23/h4-13,15H,1-3H3. The average molecular weight is 395 g/mol. The highest BCUT2D eigenvalue weighted by Crippen LogP contribution is 2.37. The van der Waals surface area contributed by atoms with Gasteiger partial charge in [-0.2, -0.15) is 21.6 Å². The molecule has 0 N–H and O–H groups in total. The molecular weight excluding hydrogens is 375 g/mol. The van der Waals surface area contributed by atoms with Gasteiger partial charge in [0.1, 0.15) is 0 Å². The minimum atomic E-state index is -5.41. The molecule has 1 heterocycles. The first kappa shape index (κ1) is 19.5. The summed E-state index contributed by atoms with van der Waals surface area (Å²) in [6.45, 7) is 6.36. The van der Waals surface area contributed by atoms with Gasteiger partial charge in [0.2, 0.25) is 0 Å². The van der Waals surface area contributed by atoms with Crippen LogP contribution in [-0.2, 0) is 15.4 Å². The van der Waals surface area contributed by atoms with Gasteiger partial charge in [0.25, 0.3) is 0 Å². The number of hydrogen-bond acceptors (Lipinski definition) is 2. The molecule has 7 heteroatoms. The van der Waals surface area contributed by atoms with E-state index < -0.39 is 15.5 Å². The lowest BCUT2D eigenvalue weighted by atomic mass is 9.88. The predicted octanol–water partition coefficient (Wildman–Crippen LogP) is 5.37. The van der Waals surface area contributed by atoms with Crippen molar-refractivity contribution < 1.29 is 21.6 Å². The van der Waals surface area contributed by atoms with Crippen molar-refractivity contribution in [3.63, 3.8) is 0 Å². The van der Waals surface area contributed by atoms with Crippen LogP contribution in [0.2, 0.25) is 0 Å². The first-order valence-corrected chi connectivity index (χ1v) is 9.85. The number of allylic oxidation sites excluding steroid dienone is 2. The van der Waals surface area contributed by atoms with Gasteiger partial charge in [-0.1, -0.05) is 69.3 Å². The van der Waals surface area contributed by atoms with E-state index in [9.17, 15) is 21.6 Å². The van der Waals surface area contributed by atoms with Gasteiger partial charge in [0.05, 0.1) is 0 Å². The van der Waals surface area contributed by atoms with E-state index in [2.05, 4.69) is 26.8 Å². The number of sulfonamides is 1. The zero-order valence-corrected chi connectivity index (χ0v) is 16.0. The summed E-state index contributed by atoms with van der Waals surface area (Å²) >= 11 is 0. The highest BCUT2D eigenvalue weighted by Gasteiger charge is 2.49.